The van der Waals surface area contributed by atoms with Gasteiger partial charge in [0, 0.05) is 36.0 Å². The summed E-state index contributed by atoms with van der Waals surface area (Å²) in [5.74, 6) is 0. The molecule has 0 unspecified atom stereocenters. The molecule has 2 N–H and O–H groups in total. The van der Waals surface area contributed by atoms with Gasteiger partial charge in [0.15, 0.2) is 0 Å². The zero-order valence-electron chi connectivity index (χ0n) is 14.4. The number of urea groups is 1. The molecule has 2 amide bonds. The van der Waals surface area contributed by atoms with Gasteiger partial charge in [0.1, 0.15) is 0 Å². The van der Waals surface area contributed by atoms with E-state index in [4.69, 9.17) is 4.74 Å². The van der Waals surface area contributed by atoms with E-state index in [1.54, 1.807) is 7.11 Å². The van der Waals surface area contributed by atoms with E-state index < -0.39 is 0 Å². The van der Waals surface area contributed by atoms with Crippen molar-refractivity contribution in [1.29, 1.82) is 0 Å². The van der Waals surface area contributed by atoms with Crippen LogP contribution in [0.5, 0.6) is 0 Å². The molecule has 0 aliphatic heterocycles. The number of ether oxygens (including phenoxy) is 1. The van der Waals surface area contributed by atoms with Gasteiger partial charge in [-0.1, -0.05) is 30.3 Å². The minimum atomic E-state index is -0.250. The van der Waals surface area contributed by atoms with Crippen molar-refractivity contribution in [2.24, 2.45) is 0 Å². The fraction of sp³-hybridized carbons (Fsp3) is 0.200. The predicted molar refractivity (Wildman–Crippen MR) is 101 cm³/mol. The number of carbonyl (C=O) groups is 1. The molecule has 0 saturated heterocycles. The molecule has 0 fully saturated rings. The van der Waals surface area contributed by atoms with Crippen LogP contribution in [0.2, 0.25) is 0 Å². The molecular formula is C20H21N3O2. The fourth-order valence-corrected chi connectivity index (χ4v) is 2.70. The maximum atomic E-state index is 11.9. The topological polar surface area (TPSA) is 63.2 Å². The molecule has 3 rings (SSSR count). The highest BCUT2D eigenvalue weighted by Crippen LogP contribution is 2.27. The number of benzene rings is 2. The van der Waals surface area contributed by atoms with Gasteiger partial charge in [0.05, 0.1) is 12.1 Å². The lowest BCUT2D eigenvalue weighted by molar-refractivity contribution is 0.198. The number of nitrogens with zero attached hydrogens (tertiary/aromatic N) is 1. The Bertz CT molecular complexity index is 879. The lowest BCUT2D eigenvalue weighted by Crippen LogP contribution is -2.31. The molecular weight excluding hydrogens is 314 g/mol. The first-order valence-electron chi connectivity index (χ1n) is 8.18. The van der Waals surface area contributed by atoms with E-state index in [9.17, 15) is 4.79 Å². The minimum Gasteiger partial charge on any atom is -0.383 e. The van der Waals surface area contributed by atoms with Gasteiger partial charge in [-0.25, -0.2) is 4.79 Å². The molecule has 5 heteroatoms. The normalized spacial score (nSPS) is 10.6. The van der Waals surface area contributed by atoms with Crippen LogP contribution < -0.4 is 10.6 Å². The van der Waals surface area contributed by atoms with Gasteiger partial charge in [-0.3, -0.25) is 4.98 Å². The molecule has 0 aliphatic carbocycles. The van der Waals surface area contributed by atoms with Crippen LogP contribution in [0.25, 0.3) is 22.0 Å². The summed E-state index contributed by atoms with van der Waals surface area (Å²) in [5.41, 5.74) is 4.84. The minimum absolute atomic E-state index is 0.250. The molecule has 3 aromatic rings. The third kappa shape index (κ3) is 4.14. The van der Waals surface area contributed by atoms with Crippen LogP contribution >= 0.6 is 0 Å². The quantitative estimate of drug-likeness (QED) is 0.693. The van der Waals surface area contributed by atoms with Crippen molar-refractivity contribution in [3.8, 4) is 11.1 Å². The molecule has 5 nitrogen and oxygen atoms in total. The number of carbonyl (C=O) groups excluding carboxylic acids is 1. The Morgan fingerprint density at radius 3 is 2.68 bits per heavy atom. The van der Waals surface area contributed by atoms with Gasteiger partial charge < -0.3 is 15.4 Å². The van der Waals surface area contributed by atoms with Crippen molar-refractivity contribution < 1.29 is 9.53 Å². The van der Waals surface area contributed by atoms with Crippen molar-refractivity contribution in [3.63, 3.8) is 0 Å². The highest BCUT2D eigenvalue weighted by molar-refractivity contribution is 5.93. The molecule has 128 valence electrons. The van der Waals surface area contributed by atoms with E-state index in [-0.39, 0.29) is 6.03 Å². The van der Waals surface area contributed by atoms with Gasteiger partial charge in [-0.2, -0.15) is 0 Å². The molecule has 0 bridgehead atoms. The summed E-state index contributed by atoms with van der Waals surface area (Å²) in [4.78, 5) is 16.6. The molecule has 0 radical (unpaired) electrons. The number of methoxy groups -OCH3 is 1. The first-order valence-corrected chi connectivity index (χ1v) is 8.18. The molecule has 25 heavy (non-hydrogen) atoms. The van der Waals surface area contributed by atoms with E-state index in [1.165, 1.54) is 0 Å². The molecule has 1 aromatic heterocycles. The Morgan fingerprint density at radius 1 is 1.12 bits per heavy atom. The van der Waals surface area contributed by atoms with Gasteiger partial charge in [0.25, 0.3) is 0 Å². The SMILES string of the molecule is COCCNC(=O)Nc1ccc2nc(C)c(-c3ccccc3)cc2c1. The Kier molecular flexibility index (Phi) is 5.26. The van der Waals surface area contributed by atoms with E-state index in [0.717, 1.165) is 33.4 Å². The third-order valence-electron chi connectivity index (χ3n) is 3.94. The second-order valence-corrected chi connectivity index (χ2v) is 5.77. The van der Waals surface area contributed by atoms with Crippen molar-refractivity contribution in [2.75, 3.05) is 25.6 Å². The summed E-state index contributed by atoms with van der Waals surface area (Å²) in [7, 11) is 1.60. The molecule has 2 aromatic carbocycles. The van der Waals surface area contributed by atoms with Crippen molar-refractivity contribution in [2.45, 2.75) is 6.92 Å². The monoisotopic (exact) mass is 335 g/mol. The summed E-state index contributed by atoms with van der Waals surface area (Å²) in [6.45, 7) is 2.96. The number of pyridine rings is 1. The Hall–Kier alpha value is -2.92. The average molecular weight is 335 g/mol. The first-order chi connectivity index (χ1) is 12.2. The average Bonchev–Trinajstić information content (AvgIpc) is 2.62. The second kappa shape index (κ2) is 7.77. The largest absolute Gasteiger partial charge is 0.383 e. The maximum absolute atomic E-state index is 11.9. The smallest absolute Gasteiger partial charge is 0.319 e. The van der Waals surface area contributed by atoms with E-state index in [1.807, 2.05) is 43.3 Å². The van der Waals surface area contributed by atoms with Gasteiger partial charge in [-0.15, -0.1) is 0 Å². The summed E-state index contributed by atoms with van der Waals surface area (Å²) >= 11 is 0. The zero-order valence-corrected chi connectivity index (χ0v) is 14.4. The number of fused-ring (bicyclic) bond motifs is 1. The van der Waals surface area contributed by atoms with Gasteiger partial charge in [0.2, 0.25) is 0 Å². The van der Waals surface area contributed by atoms with Crippen LogP contribution in [0.1, 0.15) is 5.69 Å². The number of hydrogen-bond acceptors (Lipinski definition) is 3. The second-order valence-electron chi connectivity index (χ2n) is 5.77. The van der Waals surface area contributed by atoms with E-state index in [2.05, 4.69) is 33.8 Å². The molecule has 0 atom stereocenters. The predicted octanol–water partition coefficient (Wildman–Crippen LogP) is 3.98. The van der Waals surface area contributed by atoms with Crippen LogP contribution in [0, 0.1) is 6.92 Å². The lowest BCUT2D eigenvalue weighted by atomic mass is 10.0. The highest BCUT2D eigenvalue weighted by Gasteiger charge is 2.07. The van der Waals surface area contributed by atoms with Crippen LogP contribution in [0.15, 0.2) is 54.6 Å². The zero-order chi connectivity index (χ0) is 17.6. The van der Waals surface area contributed by atoms with Crippen LogP contribution in [0.3, 0.4) is 0 Å². The van der Waals surface area contributed by atoms with E-state index in [0.29, 0.717) is 13.2 Å². The first kappa shape index (κ1) is 16.9. The molecule has 1 heterocycles. The summed E-state index contributed by atoms with van der Waals surface area (Å²) in [6.07, 6.45) is 0. The lowest BCUT2D eigenvalue weighted by Gasteiger charge is -2.10. The summed E-state index contributed by atoms with van der Waals surface area (Å²) in [6, 6.07) is 17.7. The van der Waals surface area contributed by atoms with Crippen LogP contribution in [-0.2, 0) is 4.74 Å². The van der Waals surface area contributed by atoms with E-state index >= 15 is 0 Å². The summed E-state index contributed by atoms with van der Waals surface area (Å²) < 4.78 is 4.92. The fourth-order valence-electron chi connectivity index (χ4n) is 2.70. The van der Waals surface area contributed by atoms with Gasteiger partial charge in [-0.05, 0) is 36.8 Å². The van der Waals surface area contributed by atoms with Crippen molar-refractivity contribution >= 4 is 22.6 Å². The number of aromatic nitrogens is 1. The molecule has 0 saturated carbocycles. The number of aryl methyl sites for hydroxylation is 1. The Morgan fingerprint density at radius 2 is 1.92 bits per heavy atom. The third-order valence-corrected chi connectivity index (χ3v) is 3.94. The van der Waals surface area contributed by atoms with Crippen molar-refractivity contribution in [3.05, 3.63) is 60.3 Å². The number of hydrogen-bond donors (Lipinski definition) is 2. The molecule has 0 spiro atoms. The Balaban J connectivity index is 1.86. The van der Waals surface area contributed by atoms with Crippen LogP contribution in [-0.4, -0.2) is 31.3 Å². The number of rotatable bonds is 5. The standard InChI is InChI=1S/C20H21N3O2/c1-14-18(15-6-4-3-5-7-15)13-16-12-17(8-9-19(16)22-14)23-20(24)21-10-11-25-2/h3-9,12-13H,10-11H2,1-2H3,(H2,21,23,24). The number of amides is 2. The van der Waals surface area contributed by atoms with Crippen LogP contribution in [0.4, 0.5) is 10.5 Å². The number of nitrogens with one attached hydrogen (secondary N) is 2. The number of anilines is 1. The van der Waals surface area contributed by atoms with Crippen molar-refractivity contribution in [1.82, 2.24) is 10.3 Å². The van der Waals surface area contributed by atoms with Gasteiger partial charge >= 0.3 is 6.03 Å². The highest BCUT2D eigenvalue weighted by atomic mass is 16.5. The summed E-state index contributed by atoms with van der Waals surface area (Å²) in [5, 5.41) is 6.55. The maximum Gasteiger partial charge on any atom is 0.319 e. The Labute approximate surface area is 147 Å². The molecule has 0 aliphatic rings.